The molecule has 166 valence electrons. The van der Waals surface area contributed by atoms with Gasteiger partial charge in [0, 0.05) is 0 Å². The van der Waals surface area contributed by atoms with Gasteiger partial charge in [0.2, 0.25) is 0 Å². The SMILES string of the molecule is C=Cc1ccc(S(=O)(=O)O[C@@H]2CS(=O)(=O)C[C@H]2OS(=O)(=O)c2ccc(C=C)cc2)cc1. The van der Waals surface area contributed by atoms with Crippen molar-refractivity contribution in [2.24, 2.45) is 0 Å². The van der Waals surface area contributed by atoms with Gasteiger partial charge >= 0.3 is 0 Å². The summed E-state index contributed by atoms with van der Waals surface area (Å²) in [6, 6.07) is 11.1. The van der Waals surface area contributed by atoms with Crippen LogP contribution < -0.4 is 0 Å². The molecule has 0 aromatic heterocycles. The van der Waals surface area contributed by atoms with Crippen molar-refractivity contribution in [3.05, 3.63) is 72.8 Å². The predicted molar refractivity (Wildman–Crippen MR) is 116 cm³/mol. The van der Waals surface area contributed by atoms with Crippen molar-refractivity contribution in [2.75, 3.05) is 11.5 Å². The largest absolute Gasteiger partial charge is 0.297 e. The molecule has 0 amide bonds. The summed E-state index contributed by atoms with van der Waals surface area (Å²) in [6.45, 7) is 7.15. The maximum absolute atomic E-state index is 12.6. The van der Waals surface area contributed by atoms with E-state index in [4.69, 9.17) is 8.37 Å². The van der Waals surface area contributed by atoms with Crippen molar-refractivity contribution >= 4 is 42.2 Å². The van der Waals surface area contributed by atoms with E-state index in [-0.39, 0.29) is 9.79 Å². The van der Waals surface area contributed by atoms with Gasteiger partial charge in [-0.25, -0.2) is 8.42 Å². The van der Waals surface area contributed by atoms with E-state index in [0.29, 0.717) is 11.1 Å². The number of hydrogen-bond acceptors (Lipinski definition) is 8. The molecule has 2 atom stereocenters. The first-order valence-corrected chi connectivity index (χ1v) is 13.6. The fourth-order valence-corrected chi connectivity index (χ4v) is 7.01. The molecule has 0 unspecified atom stereocenters. The van der Waals surface area contributed by atoms with Gasteiger partial charge in [0.15, 0.2) is 9.84 Å². The normalized spacial score (nSPS) is 20.9. The highest BCUT2D eigenvalue weighted by molar-refractivity contribution is 7.92. The van der Waals surface area contributed by atoms with Crippen molar-refractivity contribution in [3.63, 3.8) is 0 Å². The topological polar surface area (TPSA) is 121 Å². The zero-order valence-electron chi connectivity index (χ0n) is 16.2. The lowest BCUT2D eigenvalue weighted by Crippen LogP contribution is -2.34. The quantitative estimate of drug-likeness (QED) is 0.523. The molecule has 2 aromatic rings. The molecule has 0 radical (unpaired) electrons. The van der Waals surface area contributed by atoms with E-state index in [1.807, 2.05) is 0 Å². The van der Waals surface area contributed by atoms with E-state index < -0.39 is 53.8 Å². The smallest absolute Gasteiger partial charge is 0.259 e. The van der Waals surface area contributed by atoms with E-state index in [9.17, 15) is 25.3 Å². The second kappa shape index (κ2) is 8.67. The van der Waals surface area contributed by atoms with Crippen molar-refractivity contribution < 1.29 is 33.6 Å². The number of hydrogen-bond donors (Lipinski definition) is 0. The molecular formula is C20H20O8S3. The second-order valence-corrected chi connectivity index (χ2v) is 12.1. The molecule has 3 rings (SSSR count). The van der Waals surface area contributed by atoms with Gasteiger partial charge in [-0.3, -0.25) is 8.37 Å². The van der Waals surface area contributed by atoms with Gasteiger partial charge in [0.05, 0.1) is 21.3 Å². The molecule has 1 saturated heterocycles. The summed E-state index contributed by atoms with van der Waals surface area (Å²) in [6.07, 6.45) is 0.0152. The summed E-state index contributed by atoms with van der Waals surface area (Å²) >= 11 is 0. The third kappa shape index (κ3) is 5.49. The summed E-state index contributed by atoms with van der Waals surface area (Å²) in [5.74, 6) is -1.38. The Morgan fingerprint density at radius 3 is 1.32 bits per heavy atom. The number of rotatable bonds is 8. The second-order valence-electron chi connectivity index (χ2n) is 6.80. The first-order valence-electron chi connectivity index (χ1n) is 8.98. The summed E-state index contributed by atoms with van der Waals surface area (Å²) in [5, 5.41) is 0. The maximum atomic E-state index is 12.6. The Morgan fingerprint density at radius 1 is 0.710 bits per heavy atom. The molecule has 2 aromatic carbocycles. The third-order valence-corrected chi connectivity index (χ3v) is 8.93. The minimum atomic E-state index is -4.37. The van der Waals surface area contributed by atoms with Crippen LogP contribution in [-0.4, -0.2) is 49.0 Å². The Bertz CT molecular complexity index is 1190. The van der Waals surface area contributed by atoms with Gasteiger partial charge in [-0.05, 0) is 35.4 Å². The Labute approximate surface area is 182 Å². The third-order valence-electron chi connectivity index (χ3n) is 4.56. The molecule has 31 heavy (non-hydrogen) atoms. The van der Waals surface area contributed by atoms with Crippen LogP contribution in [0.3, 0.4) is 0 Å². The fraction of sp³-hybridized carbons (Fsp3) is 0.200. The molecule has 0 N–H and O–H groups in total. The van der Waals surface area contributed by atoms with Crippen LogP contribution >= 0.6 is 0 Å². The average Bonchev–Trinajstić information content (AvgIpc) is 2.99. The zero-order valence-corrected chi connectivity index (χ0v) is 18.7. The minimum Gasteiger partial charge on any atom is -0.259 e. The lowest BCUT2D eigenvalue weighted by molar-refractivity contribution is 0.101. The standard InChI is InChI=1S/C20H20O8S3/c1-3-15-5-9-17(10-6-15)30(23,24)27-19-13-29(21,22)14-20(19)28-31(25,26)18-11-7-16(4-2)8-12-18/h3-12,19-20H,1-2,13-14H2/t19-,20-/m1/s1. The molecule has 11 heteroatoms. The van der Waals surface area contributed by atoms with Gasteiger partial charge < -0.3 is 0 Å². The van der Waals surface area contributed by atoms with Crippen molar-refractivity contribution in [2.45, 2.75) is 22.0 Å². The molecule has 1 aliphatic heterocycles. The zero-order chi connectivity index (χ0) is 22.9. The van der Waals surface area contributed by atoms with Gasteiger partial charge in [0.1, 0.15) is 12.2 Å². The molecule has 1 heterocycles. The molecule has 1 fully saturated rings. The molecule has 0 bridgehead atoms. The van der Waals surface area contributed by atoms with Crippen LogP contribution in [0.1, 0.15) is 11.1 Å². The summed E-state index contributed by atoms with van der Waals surface area (Å²) in [5.41, 5.74) is 1.36. The maximum Gasteiger partial charge on any atom is 0.297 e. The van der Waals surface area contributed by atoms with E-state index in [2.05, 4.69) is 13.2 Å². The van der Waals surface area contributed by atoms with E-state index in [1.165, 1.54) is 60.7 Å². The molecule has 1 aliphatic rings. The summed E-state index contributed by atoms with van der Waals surface area (Å²) in [4.78, 5) is -0.409. The molecule has 0 aliphatic carbocycles. The number of sulfone groups is 1. The van der Waals surface area contributed by atoms with Crippen molar-refractivity contribution in [1.82, 2.24) is 0 Å². The van der Waals surface area contributed by atoms with E-state index in [0.717, 1.165) is 0 Å². The summed E-state index contributed by atoms with van der Waals surface area (Å²) < 4.78 is 84.7. The Morgan fingerprint density at radius 2 is 1.03 bits per heavy atom. The van der Waals surface area contributed by atoms with Crippen LogP contribution in [-0.2, 0) is 38.4 Å². The van der Waals surface area contributed by atoms with Crippen molar-refractivity contribution in [3.8, 4) is 0 Å². The monoisotopic (exact) mass is 484 g/mol. The van der Waals surface area contributed by atoms with Gasteiger partial charge in [-0.15, -0.1) is 0 Å². The Balaban J connectivity index is 1.85. The highest BCUT2D eigenvalue weighted by Gasteiger charge is 2.44. The predicted octanol–water partition coefficient (Wildman–Crippen LogP) is 2.25. The number of benzene rings is 2. The molecule has 0 saturated carbocycles. The highest BCUT2D eigenvalue weighted by Crippen LogP contribution is 2.27. The van der Waals surface area contributed by atoms with Crippen LogP contribution in [0.4, 0.5) is 0 Å². The first kappa shape index (κ1) is 23.4. The van der Waals surface area contributed by atoms with Crippen LogP contribution in [0.15, 0.2) is 71.5 Å². The lowest BCUT2D eigenvalue weighted by atomic mass is 10.2. The Hall–Kier alpha value is -2.31. The van der Waals surface area contributed by atoms with E-state index >= 15 is 0 Å². The van der Waals surface area contributed by atoms with Gasteiger partial charge in [0.25, 0.3) is 20.2 Å². The lowest BCUT2D eigenvalue weighted by Gasteiger charge is -2.18. The molecular weight excluding hydrogens is 464 g/mol. The fourth-order valence-electron chi connectivity index (χ4n) is 2.94. The highest BCUT2D eigenvalue weighted by atomic mass is 32.2. The van der Waals surface area contributed by atoms with Crippen LogP contribution in [0.2, 0.25) is 0 Å². The van der Waals surface area contributed by atoms with E-state index in [1.54, 1.807) is 0 Å². The van der Waals surface area contributed by atoms with Crippen LogP contribution in [0.25, 0.3) is 12.2 Å². The van der Waals surface area contributed by atoms with Crippen LogP contribution in [0.5, 0.6) is 0 Å². The summed E-state index contributed by atoms with van der Waals surface area (Å²) in [7, 11) is -12.5. The minimum absolute atomic E-state index is 0.205. The molecule has 0 spiro atoms. The Kier molecular flexibility index (Phi) is 6.53. The van der Waals surface area contributed by atoms with Crippen molar-refractivity contribution in [1.29, 1.82) is 0 Å². The van der Waals surface area contributed by atoms with Crippen LogP contribution in [0, 0.1) is 0 Å². The first-order chi connectivity index (χ1) is 14.5. The average molecular weight is 485 g/mol. The van der Waals surface area contributed by atoms with Gasteiger partial charge in [-0.2, -0.15) is 16.8 Å². The van der Waals surface area contributed by atoms with Gasteiger partial charge in [-0.1, -0.05) is 49.6 Å². The molecule has 8 nitrogen and oxygen atoms in total.